The highest BCUT2D eigenvalue weighted by Crippen LogP contribution is 2.26. The Morgan fingerprint density at radius 3 is 2.71 bits per heavy atom. The molecule has 0 radical (unpaired) electrons. The number of carbonyl (C=O) groups excluding carboxylic acids is 1. The molecule has 0 aliphatic heterocycles. The third-order valence-electron chi connectivity index (χ3n) is 3.46. The molecule has 0 fully saturated rings. The average molecular weight is 316 g/mol. The van der Waals surface area contributed by atoms with Crippen LogP contribution in [0.15, 0.2) is 71.5 Å². The minimum absolute atomic E-state index is 0.253. The highest BCUT2D eigenvalue weighted by molar-refractivity contribution is 6.03. The van der Waals surface area contributed by atoms with Gasteiger partial charge in [0.2, 0.25) is 5.89 Å². The van der Waals surface area contributed by atoms with Crippen molar-refractivity contribution in [3.05, 3.63) is 72.8 Å². The van der Waals surface area contributed by atoms with Crippen molar-refractivity contribution in [1.29, 1.82) is 0 Å². The highest BCUT2D eigenvalue weighted by atomic mass is 16.3. The van der Waals surface area contributed by atoms with E-state index < -0.39 is 0 Å². The summed E-state index contributed by atoms with van der Waals surface area (Å²) < 4.78 is 5.75. The summed E-state index contributed by atoms with van der Waals surface area (Å²) in [5.74, 6) is 0.220. The van der Waals surface area contributed by atoms with Crippen LogP contribution in [0.1, 0.15) is 10.5 Å². The summed E-state index contributed by atoms with van der Waals surface area (Å²) in [5.41, 5.74) is 3.10. The van der Waals surface area contributed by atoms with Crippen molar-refractivity contribution in [2.24, 2.45) is 0 Å². The predicted octanol–water partition coefficient (Wildman–Crippen LogP) is 3.54. The molecule has 0 bridgehead atoms. The van der Waals surface area contributed by atoms with E-state index in [1.54, 1.807) is 18.2 Å². The summed E-state index contributed by atoms with van der Waals surface area (Å²) in [5, 5.41) is 2.78. The van der Waals surface area contributed by atoms with Crippen LogP contribution in [0, 0.1) is 0 Å². The number of hydrogen-bond donors (Lipinski definition) is 1. The number of rotatable bonds is 3. The molecule has 4 rings (SSSR count). The van der Waals surface area contributed by atoms with E-state index in [9.17, 15) is 4.79 Å². The number of amides is 1. The number of nitrogens with zero attached hydrogens (tertiary/aromatic N) is 3. The summed E-state index contributed by atoms with van der Waals surface area (Å²) in [6.07, 6.45) is 4.41. The molecule has 0 saturated carbocycles. The molecule has 0 unspecified atom stereocenters. The van der Waals surface area contributed by atoms with Gasteiger partial charge >= 0.3 is 0 Å². The number of nitrogens with one attached hydrogen (secondary N) is 1. The van der Waals surface area contributed by atoms with E-state index in [4.69, 9.17) is 4.42 Å². The largest absolute Gasteiger partial charge is 0.436 e. The maximum atomic E-state index is 12.1. The molecular weight excluding hydrogens is 304 g/mol. The lowest BCUT2D eigenvalue weighted by Crippen LogP contribution is -2.13. The van der Waals surface area contributed by atoms with Gasteiger partial charge in [0, 0.05) is 23.6 Å². The molecule has 6 nitrogen and oxygen atoms in total. The molecule has 0 aliphatic rings. The second-order valence-electron chi connectivity index (χ2n) is 5.11. The number of benzene rings is 2. The Kier molecular flexibility index (Phi) is 3.47. The highest BCUT2D eigenvalue weighted by Gasteiger charge is 2.11. The molecule has 24 heavy (non-hydrogen) atoms. The van der Waals surface area contributed by atoms with Crippen molar-refractivity contribution >= 4 is 22.7 Å². The van der Waals surface area contributed by atoms with E-state index >= 15 is 0 Å². The molecular formula is C18H12N4O2. The molecule has 1 amide bonds. The fourth-order valence-electron chi connectivity index (χ4n) is 2.32. The van der Waals surface area contributed by atoms with Gasteiger partial charge in [0.05, 0.1) is 6.20 Å². The topological polar surface area (TPSA) is 80.9 Å². The average Bonchev–Trinajstić information content (AvgIpc) is 3.06. The zero-order valence-electron chi connectivity index (χ0n) is 12.5. The van der Waals surface area contributed by atoms with Gasteiger partial charge in [-0.2, -0.15) is 0 Å². The Balaban J connectivity index is 1.63. The Bertz CT molecular complexity index is 997. The van der Waals surface area contributed by atoms with Crippen LogP contribution >= 0.6 is 0 Å². The van der Waals surface area contributed by atoms with Gasteiger partial charge in [-0.05, 0) is 30.3 Å². The van der Waals surface area contributed by atoms with E-state index in [-0.39, 0.29) is 11.6 Å². The van der Waals surface area contributed by atoms with Crippen molar-refractivity contribution in [3.63, 3.8) is 0 Å². The summed E-state index contributed by atoms with van der Waals surface area (Å²) >= 11 is 0. The van der Waals surface area contributed by atoms with Crippen molar-refractivity contribution in [1.82, 2.24) is 15.0 Å². The molecule has 4 aromatic rings. The minimum atomic E-state index is -0.325. The van der Waals surface area contributed by atoms with Gasteiger partial charge in [0.15, 0.2) is 5.58 Å². The van der Waals surface area contributed by atoms with Crippen molar-refractivity contribution in [2.75, 3.05) is 5.32 Å². The lowest BCUT2D eigenvalue weighted by atomic mass is 10.2. The number of oxazole rings is 1. The zero-order chi connectivity index (χ0) is 16.4. The maximum absolute atomic E-state index is 12.1. The van der Waals surface area contributed by atoms with Crippen LogP contribution in [0.2, 0.25) is 0 Å². The third-order valence-corrected chi connectivity index (χ3v) is 3.46. The smallest absolute Gasteiger partial charge is 0.275 e. The fourth-order valence-corrected chi connectivity index (χ4v) is 2.32. The maximum Gasteiger partial charge on any atom is 0.275 e. The first-order chi connectivity index (χ1) is 11.8. The molecule has 0 saturated heterocycles. The van der Waals surface area contributed by atoms with Crippen LogP contribution in [-0.4, -0.2) is 20.9 Å². The summed E-state index contributed by atoms with van der Waals surface area (Å²) in [6.45, 7) is 0. The fraction of sp³-hybridized carbons (Fsp3) is 0. The van der Waals surface area contributed by atoms with E-state index in [1.165, 1.54) is 18.6 Å². The normalized spacial score (nSPS) is 10.7. The number of aromatic nitrogens is 3. The quantitative estimate of drug-likeness (QED) is 0.625. The number of fused-ring (bicyclic) bond motifs is 1. The summed E-state index contributed by atoms with van der Waals surface area (Å²) in [7, 11) is 0. The monoisotopic (exact) mass is 316 g/mol. The van der Waals surface area contributed by atoms with Gasteiger partial charge in [0.25, 0.3) is 5.91 Å². The third kappa shape index (κ3) is 2.72. The van der Waals surface area contributed by atoms with Gasteiger partial charge in [-0.3, -0.25) is 9.78 Å². The molecule has 0 aliphatic carbocycles. The number of hydrogen-bond acceptors (Lipinski definition) is 5. The first kappa shape index (κ1) is 14.1. The van der Waals surface area contributed by atoms with Gasteiger partial charge in [-0.1, -0.05) is 18.2 Å². The SMILES string of the molecule is O=C(Nc1ccc2oc(-c3ccccc3)nc2c1)c1cnccn1. The van der Waals surface area contributed by atoms with Crippen molar-refractivity contribution in [2.45, 2.75) is 0 Å². The Morgan fingerprint density at radius 2 is 1.92 bits per heavy atom. The molecule has 116 valence electrons. The standard InChI is InChI=1S/C18H12N4O2/c23-17(15-11-19-8-9-20-15)21-13-6-7-16-14(10-13)22-18(24-16)12-4-2-1-3-5-12/h1-11H,(H,21,23). The van der Waals surface area contributed by atoms with Crippen molar-refractivity contribution < 1.29 is 9.21 Å². The predicted molar refractivity (Wildman–Crippen MR) is 89.4 cm³/mol. The molecule has 1 N–H and O–H groups in total. The van der Waals surface area contributed by atoms with Crippen molar-refractivity contribution in [3.8, 4) is 11.5 Å². The lowest BCUT2D eigenvalue weighted by molar-refractivity contribution is 0.102. The van der Waals surface area contributed by atoms with Crippen LogP contribution in [0.3, 0.4) is 0 Å². The molecule has 2 heterocycles. The Labute approximate surface area is 137 Å². The van der Waals surface area contributed by atoms with Gasteiger partial charge in [-0.15, -0.1) is 0 Å². The minimum Gasteiger partial charge on any atom is -0.436 e. The molecule has 6 heteroatoms. The van der Waals surface area contributed by atoms with Gasteiger partial charge < -0.3 is 9.73 Å². The Hall–Kier alpha value is -3.54. The van der Waals surface area contributed by atoms with Crippen LogP contribution in [0.4, 0.5) is 5.69 Å². The molecule has 0 atom stereocenters. The first-order valence-corrected chi connectivity index (χ1v) is 7.33. The second-order valence-corrected chi connectivity index (χ2v) is 5.11. The van der Waals surface area contributed by atoms with Crippen LogP contribution < -0.4 is 5.32 Å². The Morgan fingerprint density at radius 1 is 1.04 bits per heavy atom. The second kappa shape index (κ2) is 5.92. The van der Waals surface area contributed by atoms with E-state index in [0.29, 0.717) is 22.7 Å². The van der Waals surface area contributed by atoms with Crippen LogP contribution in [0.25, 0.3) is 22.6 Å². The summed E-state index contributed by atoms with van der Waals surface area (Å²) in [6, 6.07) is 15.0. The van der Waals surface area contributed by atoms with E-state index in [0.717, 1.165) is 5.56 Å². The first-order valence-electron chi connectivity index (χ1n) is 7.33. The molecule has 0 spiro atoms. The van der Waals surface area contributed by atoms with E-state index in [2.05, 4.69) is 20.3 Å². The van der Waals surface area contributed by atoms with Crippen LogP contribution in [0.5, 0.6) is 0 Å². The zero-order valence-corrected chi connectivity index (χ0v) is 12.5. The summed E-state index contributed by atoms with van der Waals surface area (Å²) in [4.78, 5) is 24.5. The van der Waals surface area contributed by atoms with Crippen LogP contribution in [-0.2, 0) is 0 Å². The van der Waals surface area contributed by atoms with Gasteiger partial charge in [-0.25, -0.2) is 9.97 Å². The molecule has 2 aromatic carbocycles. The van der Waals surface area contributed by atoms with E-state index in [1.807, 2.05) is 30.3 Å². The van der Waals surface area contributed by atoms with Gasteiger partial charge in [0.1, 0.15) is 11.2 Å². The number of carbonyl (C=O) groups is 1. The lowest BCUT2D eigenvalue weighted by Gasteiger charge is -2.03. The molecule has 2 aromatic heterocycles. The number of anilines is 1.